The van der Waals surface area contributed by atoms with Crippen LogP contribution < -0.4 is 10.2 Å². The maximum absolute atomic E-state index is 13.3. The Hall–Kier alpha value is -2.44. The molecule has 30 heavy (non-hydrogen) atoms. The van der Waals surface area contributed by atoms with E-state index in [0.29, 0.717) is 15.7 Å². The van der Waals surface area contributed by atoms with E-state index in [-0.39, 0.29) is 21.3 Å². The third kappa shape index (κ3) is 4.20. The van der Waals surface area contributed by atoms with Crippen molar-refractivity contribution in [2.24, 2.45) is 0 Å². The molecule has 0 aliphatic carbocycles. The molecule has 0 fully saturated rings. The fourth-order valence-corrected chi connectivity index (χ4v) is 4.43. The predicted molar refractivity (Wildman–Crippen MR) is 123 cm³/mol. The van der Waals surface area contributed by atoms with Crippen LogP contribution in [0.5, 0.6) is 0 Å². The Bertz CT molecular complexity index is 1160. The molecule has 1 aliphatic rings. The minimum Gasteiger partial charge on any atom is -0.350 e. The number of anilines is 2. The summed E-state index contributed by atoms with van der Waals surface area (Å²) in [6, 6.07) is 20.8. The maximum Gasteiger partial charge on any atom is 0.283 e. The van der Waals surface area contributed by atoms with Crippen LogP contribution >= 0.6 is 46.6 Å². The average molecular weight is 476 g/mol. The van der Waals surface area contributed by atoms with Gasteiger partial charge in [0.15, 0.2) is 0 Å². The van der Waals surface area contributed by atoms with Crippen molar-refractivity contribution < 1.29 is 9.59 Å². The second-order valence-electron chi connectivity index (χ2n) is 6.29. The SMILES string of the molecule is O=C1C(Nc2ccccc2)=C(Sc2ccc(Cl)cc2)C(=O)N1c1ccc(Cl)cc1Cl. The molecule has 1 aliphatic heterocycles. The molecule has 0 radical (unpaired) electrons. The predicted octanol–water partition coefficient (Wildman–Crippen LogP) is 6.64. The fourth-order valence-electron chi connectivity index (χ4n) is 2.88. The van der Waals surface area contributed by atoms with E-state index < -0.39 is 11.8 Å². The van der Waals surface area contributed by atoms with Gasteiger partial charge >= 0.3 is 0 Å². The minimum atomic E-state index is -0.496. The van der Waals surface area contributed by atoms with Gasteiger partial charge in [-0.15, -0.1) is 0 Å². The lowest BCUT2D eigenvalue weighted by molar-refractivity contribution is -0.120. The molecule has 0 aromatic heterocycles. The zero-order valence-electron chi connectivity index (χ0n) is 15.2. The van der Waals surface area contributed by atoms with Gasteiger partial charge in [0.2, 0.25) is 0 Å². The Balaban J connectivity index is 1.76. The Morgan fingerprint density at radius 2 is 1.43 bits per heavy atom. The van der Waals surface area contributed by atoms with Crippen LogP contribution in [0.3, 0.4) is 0 Å². The minimum absolute atomic E-state index is 0.178. The number of para-hydroxylation sites is 1. The van der Waals surface area contributed by atoms with Crippen LogP contribution in [0.15, 0.2) is 88.3 Å². The number of benzene rings is 3. The van der Waals surface area contributed by atoms with Crippen LogP contribution in [0.2, 0.25) is 15.1 Å². The van der Waals surface area contributed by atoms with Gasteiger partial charge in [-0.1, -0.05) is 64.8 Å². The number of hydrogen-bond acceptors (Lipinski definition) is 4. The van der Waals surface area contributed by atoms with Gasteiger partial charge in [0, 0.05) is 20.6 Å². The molecule has 2 amide bonds. The Morgan fingerprint density at radius 1 is 0.767 bits per heavy atom. The lowest BCUT2D eigenvalue weighted by Gasteiger charge is -2.17. The molecule has 4 rings (SSSR count). The van der Waals surface area contributed by atoms with Crippen molar-refractivity contribution in [2.75, 3.05) is 10.2 Å². The van der Waals surface area contributed by atoms with Gasteiger partial charge in [-0.2, -0.15) is 0 Å². The molecule has 0 unspecified atom stereocenters. The van der Waals surface area contributed by atoms with E-state index in [4.69, 9.17) is 34.8 Å². The molecule has 1 N–H and O–H groups in total. The fraction of sp³-hybridized carbons (Fsp3) is 0. The zero-order valence-corrected chi connectivity index (χ0v) is 18.3. The molecule has 0 saturated heterocycles. The first kappa shape index (κ1) is 20.8. The summed E-state index contributed by atoms with van der Waals surface area (Å²) in [4.78, 5) is 28.7. The van der Waals surface area contributed by atoms with Crippen LogP contribution in [-0.4, -0.2) is 11.8 Å². The van der Waals surface area contributed by atoms with Crippen LogP contribution in [0.1, 0.15) is 0 Å². The first-order valence-corrected chi connectivity index (χ1v) is 10.7. The lowest BCUT2D eigenvalue weighted by Crippen LogP contribution is -2.32. The highest BCUT2D eigenvalue weighted by Gasteiger charge is 2.41. The third-order valence-corrected chi connectivity index (χ3v) is 6.15. The standard InChI is InChI=1S/C22H13Cl3N2O2S/c23-13-6-9-16(10-7-13)30-20-19(26-15-4-2-1-3-5-15)21(28)27(22(20)29)18-11-8-14(24)12-17(18)25/h1-12,26H. The van der Waals surface area contributed by atoms with Crippen molar-refractivity contribution in [3.8, 4) is 0 Å². The zero-order chi connectivity index (χ0) is 21.3. The van der Waals surface area contributed by atoms with Gasteiger partial charge in [-0.3, -0.25) is 9.59 Å². The van der Waals surface area contributed by atoms with Crippen LogP contribution in [0.4, 0.5) is 11.4 Å². The van der Waals surface area contributed by atoms with Crippen molar-refractivity contribution in [3.05, 3.63) is 98.5 Å². The highest BCUT2D eigenvalue weighted by molar-refractivity contribution is 8.04. The summed E-state index contributed by atoms with van der Waals surface area (Å²) in [5, 5.41) is 4.29. The number of imide groups is 1. The topological polar surface area (TPSA) is 49.4 Å². The molecule has 3 aromatic rings. The normalized spacial score (nSPS) is 13.9. The van der Waals surface area contributed by atoms with Crippen molar-refractivity contribution in [3.63, 3.8) is 0 Å². The summed E-state index contributed by atoms with van der Waals surface area (Å²) in [6.45, 7) is 0. The summed E-state index contributed by atoms with van der Waals surface area (Å²) >= 11 is 19.4. The first-order chi connectivity index (χ1) is 14.4. The van der Waals surface area contributed by atoms with Crippen LogP contribution in [0, 0.1) is 0 Å². The van der Waals surface area contributed by atoms with Crippen molar-refractivity contribution in [2.45, 2.75) is 4.90 Å². The molecule has 3 aromatic carbocycles. The number of rotatable bonds is 5. The number of carbonyl (C=O) groups excluding carboxylic acids is 2. The number of hydrogen-bond donors (Lipinski definition) is 1. The highest BCUT2D eigenvalue weighted by Crippen LogP contribution is 2.40. The number of nitrogens with zero attached hydrogens (tertiary/aromatic N) is 1. The number of carbonyl (C=O) groups is 2. The second-order valence-corrected chi connectivity index (χ2v) is 8.66. The van der Waals surface area contributed by atoms with E-state index in [9.17, 15) is 9.59 Å². The number of amides is 2. The molecule has 4 nitrogen and oxygen atoms in total. The number of halogens is 3. The monoisotopic (exact) mass is 474 g/mol. The molecule has 0 bridgehead atoms. The van der Waals surface area contributed by atoms with Crippen molar-refractivity contribution in [1.29, 1.82) is 0 Å². The average Bonchev–Trinajstić information content (AvgIpc) is 2.95. The Labute approximate surface area is 192 Å². The molecular weight excluding hydrogens is 463 g/mol. The highest BCUT2D eigenvalue weighted by atomic mass is 35.5. The maximum atomic E-state index is 13.3. The van der Waals surface area contributed by atoms with Crippen molar-refractivity contribution >= 4 is 69.8 Å². The van der Waals surface area contributed by atoms with E-state index in [1.165, 1.54) is 17.8 Å². The first-order valence-electron chi connectivity index (χ1n) is 8.77. The van der Waals surface area contributed by atoms with Gasteiger partial charge in [-0.25, -0.2) is 4.90 Å². The molecule has 0 saturated carbocycles. The summed E-state index contributed by atoms with van der Waals surface area (Å²) in [7, 11) is 0. The Kier molecular flexibility index (Phi) is 6.06. The quantitative estimate of drug-likeness (QED) is 0.420. The van der Waals surface area contributed by atoms with Gasteiger partial charge in [0.05, 0.1) is 10.7 Å². The van der Waals surface area contributed by atoms with Crippen LogP contribution in [-0.2, 0) is 9.59 Å². The Morgan fingerprint density at radius 3 is 2.10 bits per heavy atom. The van der Waals surface area contributed by atoms with E-state index in [1.807, 2.05) is 30.3 Å². The molecule has 0 spiro atoms. The second kappa shape index (κ2) is 8.74. The van der Waals surface area contributed by atoms with E-state index >= 15 is 0 Å². The third-order valence-electron chi connectivity index (χ3n) is 4.27. The summed E-state index contributed by atoms with van der Waals surface area (Å²) < 4.78 is 0. The van der Waals surface area contributed by atoms with E-state index in [0.717, 1.165) is 9.80 Å². The van der Waals surface area contributed by atoms with Crippen molar-refractivity contribution in [1.82, 2.24) is 0 Å². The molecule has 0 atom stereocenters. The van der Waals surface area contributed by atoms with Crippen LogP contribution in [0.25, 0.3) is 0 Å². The molecule has 150 valence electrons. The van der Waals surface area contributed by atoms with Gasteiger partial charge in [-0.05, 0) is 54.6 Å². The summed E-state index contributed by atoms with van der Waals surface area (Å²) in [5.74, 6) is -0.966. The molecular formula is C22H13Cl3N2O2S. The largest absolute Gasteiger partial charge is 0.350 e. The summed E-state index contributed by atoms with van der Waals surface area (Å²) in [6.07, 6.45) is 0. The van der Waals surface area contributed by atoms with Gasteiger partial charge in [0.25, 0.3) is 11.8 Å². The molecule has 8 heteroatoms. The van der Waals surface area contributed by atoms with E-state index in [1.54, 1.807) is 36.4 Å². The summed E-state index contributed by atoms with van der Waals surface area (Å²) in [5.41, 5.74) is 1.14. The lowest BCUT2D eigenvalue weighted by atomic mass is 10.3. The van der Waals surface area contributed by atoms with Gasteiger partial charge in [0.1, 0.15) is 10.6 Å². The molecule has 1 heterocycles. The number of thioether (sulfide) groups is 1. The van der Waals surface area contributed by atoms with Gasteiger partial charge < -0.3 is 5.32 Å². The smallest absolute Gasteiger partial charge is 0.283 e. The van der Waals surface area contributed by atoms with E-state index in [2.05, 4.69) is 5.32 Å². The number of nitrogens with one attached hydrogen (secondary N) is 1.